The second-order valence-electron chi connectivity index (χ2n) is 1.44. The molecule has 0 bridgehead atoms. The predicted octanol–water partition coefficient (Wildman–Crippen LogP) is -0.285. The van der Waals surface area contributed by atoms with Gasteiger partial charge < -0.3 is 11.1 Å². The summed E-state index contributed by atoms with van der Waals surface area (Å²) in [6.45, 7) is 0.153. The average Bonchev–Trinajstić information content (AvgIpc) is 1.64. The summed E-state index contributed by atoms with van der Waals surface area (Å²) in [5.74, 6) is -0.279. The Bertz CT molecular complexity index is 149. The zero-order chi connectivity index (χ0) is 5.98. The maximum absolute atomic E-state index is 12.0. The molecule has 0 saturated carbocycles. The minimum Gasteiger partial charge on any atom is -0.382 e. The van der Waals surface area contributed by atoms with Crippen LogP contribution in [-0.4, -0.2) is 12.5 Å². The van der Waals surface area contributed by atoms with Crippen molar-refractivity contribution in [2.24, 2.45) is 10.7 Å². The van der Waals surface area contributed by atoms with E-state index >= 15 is 0 Å². The Balaban J connectivity index is 2.69. The SMILES string of the molecule is NC1=CNCC(F)=N1. The molecule has 0 atom stereocenters. The van der Waals surface area contributed by atoms with E-state index in [0.717, 1.165) is 0 Å². The van der Waals surface area contributed by atoms with E-state index in [-0.39, 0.29) is 12.4 Å². The molecule has 44 valence electrons. The predicted molar refractivity (Wildman–Crippen MR) is 28.8 cm³/mol. The van der Waals surface area contributed by atoms with Crippen LogP contribution >= 0.6 is 0 Å². The minimum absolute atomic E-state index is 0.153. The lowest BCUT2D eigenvalue weighted by atomic mass is 10.5. The first kappa shape index (κ1) is 5.08. The molecule has 4 heteroatoms. The van der Waals surface area contributed by atoms with E-state index in [0.29, 0.717) is 0 Å². The highest BCUT2D eigenvalue weighted by atomic mass is 19.1. The molecule has 3 N–H and O–H groups in total. The van der Waals surface area contributed by atoms with Crippen LogP contribution < -0.4 is 11.1 Å². The summed E-state index contributed by atoms with van der Waals surface area (Å²) < 4.78 is 12.0. The molecule has 0 radical (unpaired) electrons. The summed E-state index contributed by atoms with van der Waals surface area (Å²) in [4.78, 5) is 3.31. The number of nitrogens with one attached hydrogen (secondary N) is 1. The van der Waals surface area contributed by atoms with Gasteiger partial charge in [0.05, 0.1) is 6.54 Å². The summed E-state index contributed by atoms with van der Waals surface area (Å²) in [5, 5.41) is 2.59. The van der Waals surface area contributed by atoms with Crippen molar-refractivity contribution in [2.75, 3.05) is 6.54 Å². The number of nitrogens with two attached hydrogens (primary N) is 1. The summed E-state index contributed by atoms with van der Waals surface area (Å²) in [7, 11) is 0. The standard InChI is InChI=1S/C4H6FN3/c5-3-1-7-2-4(6)8-3/h2,7H,1,6H2. The van der Waals surface area contributed by atoms with E-state index in [1.807, 2.05) is 0 Å². The number of hydrogen-bond acceptors (Lipinski definition) is 3. The van der Waals surface area contributed by atoms with Gasteiger partial charge in [0.1, 0.15) is 5.82 Å². The second-order valence-corrected chi connectivity index (χ2v) is 1.44. The first-order valence-electron chi connectivity index (χ1n) is 2.21. The van der Waals surface area contributed by atoms with Gasteiger partial charge in [-0.1, -0.05) is 0 Å². The van der Waals surface area contributed by atoms with Gasteiger partial charge in [-0.2, -0.15) is 4.39 Å². The van der Waals surface area contributed by atoms with Crippen molar-refractivity contribution < 1.29 is 4.39 Å². The van der Waals surface area contributed by atoms with E-state index in [2.05, 4.69) is 10.3 Å². The van der Waals surface area contributed by atoms with Crippen molar-refractivity contribution in [1.82, 2.24) is 5.32 Å². The molecule has 1 aliphatic heterocycles. The minimum atomic E-state index is -0.468. The summed E-state index contributed by atoms with van der Waals surface area (Å²) in [6, 6.07) is 0. The second kappa shape index (κ2) is 1.81. The lowest BCUT2D eigenvalue weighted by molar-refractivity contribution is 0.740. The van der Waals surface area contributed by atoms with Crippen LogP contribution in [0.1, 0.15) is 0 Å². The van der Waals surface area contributed by atoms with Crippen LogP contribution in [0.15, 0.2) is 17.0 Å². The Morgan fingerprint density at radius 3 is 3.00 bits per heavy atom. The Labute approximate surface area is 46.1 Å². The Kier molecular flexibility index (Phi) is 1.15. The van der Waals surface area contributed by atoms with E-state index < -0.39 is 5.97 Å². The topological polar surface area (TPSA) is 50.4 Å². The summed E-state index contributed by atoms with van der Waals surface area (Å²) >= 11 is 0. The molecule has 1 heterocycles. The summed E-state index contributed by atoms with van der Waals surface area (Å²) in [6.07, 6.45) is 1.46. The molecule has 8 heavy (non-hydrogen) atoms. The van der Waals surface area contributed by atoms with Crippen LogP contribution in [0.5, 0.6) is 0 Å². The zero-order valence-corrected chi connectivity index (χ0v) is 4.19. The number of rotatable bonds is 0. The molecule has 0 aliphatic carbocycles. The van der Waals surface area contributed by atoms with Crippen LogP contribution in [-0.2, 0) is 0 Å². The van der Waals surface area contributed by atoms with Gasteiger partial charge in [0.2, 0.25) is 5.97 Å². The number of nitrogens with zero attached hydrogens (tertiary/aromatic N) is 1. The fraction of sp³-hybridized carbons (Fsp3) is 0.250. The van der Waals surface area contributed by atoms with E-state index in [1.165, 1.54) is 6.20 Å². The fourth-order valence-corrected chi connectivity index (χ4v) is 0.452. The van der Waals surface area contributed by atoms with Crippen molar-refractivity contribution in [2.45, 2.75) is 0 Å². The largest absolute Gasteiger partial charge is 0.382 e. The van der Waals surface area contributed by atoms with Crippen LogP contribution in [0, 0.1) is 0 Å². The zero-order valence-electron chi connectivity index (χ0n) is 4.19. The number of hydrogen-bond donors (Lipinski definition) is 2. The maximum Gasteiger partial charge on any atom is 0.210 e. The van der Waals surface area contributed by atoms with Crippen molar-refractivity contribution in [3.8, 4) is 0 Å². The molecule has 0 spiro atoms. The van der Waals surface area contributed by atoms with E-state index in [1.54, 1.807) is 0 Å². The molecule has 3 nitrogen and oxygen atoms in total. The quantitative estimate of drug-likeness (QED) is 0.456. The van der Waals surface area contributed by atoms with Crippen LogP contribution in [0.3, 0.4) is 0 Å². The molecule has 1 aliphatic rings. The Morgan fingerprint density at radius 2 is 2.62 bits per heavy atom. The highest BCUT2D eigenvalue weighted by molar-refractivity contribution is 5.78. The Hall–Kier alpha value is -1.06. The molecule has 1 rings (SSSR count). The van der Waals surface area contributed by atoms with Gasteiger partial charge in [-0.15, -0.1) is 0 Å². The lowest BCUT2D eigenvalue weighted by Gasteiger charge is -2.03. The molecule has 0 aromatic carbocycles. The van der Waals surface area contributed by atoms with Crippen molar-refractivity contribution in [3.63, 3.8) is 0 Å². The van der Waals surface area contributed by atoms with Crippen LogP contribution in [0.25, 0.3) is 0 Å². The highest BCUT2D eigenvalue weighted by Gasteiger charge is 1.99. The molecule has 0 fully saturated rings. The molecule has 0 amide bonds. The van der Waals surface area contributed by atoms with Crippen molar-refractivity contribution in [1.29, 1.82) is 0 Å². The van der Waals surface area contributed by atoms with Gasteiger partial charge in [0, 0.05) is 6.20 Å². The van der Waals surface area contributed by atoms with Gasteiger partial charge in [-0.3, -0.25) is 0 Å². The van der Waals surface area contributed by atoms with Crippen molar-refractivity contribution in [3.05, 3.63) is 12.0 Å². The normalized spacial score (nSPS) is 18.6. The smallest absolute Gasteiger partial charge is 0.210 e. The first-order valence-corrected chi connectivity index (χ1v) is 2.21. The van der Waals surface area contributed by atoms with Gasteiger partial charge in [0.25, 0.3) is 0 Å². The third-order valence-electron chi connectivity index (χ3n) is 0.748. The third-order valence-corrected chi connectivity index (χ3v) is 0.748. The molecular formula is C4H6FN3. The monoisotopic (exact) mass is 115 g/mol. The van der Waals surface area contributed by atoms with Gasteiger partial charge in [0.15, 0.2) is 0 Å². The van der Waals surface area contributed by atoms with Gasteiger partial charge in [-0.05, 0) is 0 Å². The molecule has 0 aromatic rings. The summed E-state index contributed by atoms with van der Waals surface area (Å²) in [5.41, 5.74) is 5.10. The Morgan fingerprint density at radius 1 is 1.88 bits per heavy atom. The highest BCUT2D eigenvalue weighted by Crippen LogP contribution is 1.92. The van der Waals surface area contributed by atoms with Crippen LogP contribution in [0.4, 0.5) is 4.39 Å². The molecular weight excluding hydrogens is 109 g/mol. The molecule has 0 saturated heterocycles. The van der Waals surface area contributed by atoms with E-state index in [9.17, 15) is 4.39 Å². The number of aliphatic imine (C=N–C) groups is 1. The molecule has 0 unspecified atom stereocenters. The van der Waals surface area contributed by atoms with Gasteiger partial charge >= 0.3 is 0 Å². The number of halogens is 1. The van der Waals surface area contributed by atoms with Gasteiger partial charge in [-0.25, -0.2) is 4.99 Å². The first-order chi connectivity index (χ1) is 3.79. The average molecular weight is 115 g/mol. The maximum atomic E-state index is 12.0. The van der Waals surface area contributed by atoms with Crippen molar-refractivity contribution >= 4 is 5.97 Å². The molecule has 0 aromatic heterocycles. The van der Waals surface area contributed by atoms with E-state index in [4.69, 9.17) is 5.73 Å². The van der Waals surface area contributed by atoms with Crippen LogP contribution in [0.2, 0.25) is 0 Å². The fourth-order valence-electron chi connectivity index (χ4n) is 0.452. The third kappa shape index (κ3) is 0.959. The lowest BCUT2D eigenvalue weighted by Crippen LogP contribution is -2.21.